The molecule has 1 N–H and O–H groups in total. The van der Waals surface area contributed by atoms with Gasteiger partial charge < -0.3 is 10.1 Å². The highest BCUT2D eigenvalue weighted by Crippen LogP contribution is 2.38. The van der Waals surface area contributed by atoms with Crippen LogP contribution in [0.5, 0.6) is 5.75 Å². The number of amides is 2. The number of ether oxygens (including phenoxy) is 1. The molecule has 4 rings (SSSR count). The summed E-state index contributed by atoms with van der Waals surface area (Å²) < 4.78 is 32.5. The second-order valence-electron chi connectivity index (χ2n) is 7.42. The summed E-state index contributed by atoms with van der Waals surface area (Å²) in [5, 5.41) is 2.83. The van der Waals surface area contributed by atoms with Gasteiger partial charge in [-0.3, -0.25) is 9.59 Å². The Morgan fingerprint density at radius 3 is 2.28 bits per heavy atom. The van der Waals surface area contributed by atoms with Crippen LogP contribution in [0.15, 0.2) is 66.4 Å². The van der Waals surface area contributed by atoms with Gasteiger partial charge in [0, 0.05) is 11.8 Å². The molecule has 0 bridgehead atoms. The summed E-state index contributed by atoms with van der Waals surface area (Å²) in [5.74, 6) is -2.90. The van der Waals surface area contributed by atoms with Crippen LogP contribution in [0.3, 0.4) is 0 Å². The molecule has 0 unspecified atom stereocenters. The zero-order valence-electron chi connectivity index (χ0n) is 17.7. The molecule has 1 aliphatic heterocycles. The van der Waals surface area contributed by atoms with Crippen LogP contribution in [-0.4, -0.2) is 18.9 Å². The number of nitrogens with zero attached hydrogens (tertiary/aromatic N) is 1. The van der Waals surface area contributed by atoms with Gasteiger partial charge in [0.2, 0.25) is 0 Å². The van der Waals surface area contributed by atoms with E-state index in [1.54, 1.807) is 30.3 Å². The van der Waals surface area contributed by atoms with Gasteiger partial charge in [-0.05, 0) is 54.8 Å². The summed E-state index contributed by atoms with van der Waals surface area (Å²) in [6.07, 6.45) is 0. The average molecular weight is 434 g/mol. The lowest BCUT2D eigenvalue weighted by Gasteiger charge is -2.18. The van der Waals surface area contributed by atoms with Crippen molar-refractivity contribution in [3.8, 4) is 5.75 Å². The van der Waals surface area contributed by atoms with E-state index < -0.39 is 23.4 Å². The Kier molecular flexibility index (Phi) is 5.48. The van der Waals surface area contributed by atoms with E-state index in [0.29, 0.717) is 11.3 Å². The third-order valence-corrected chi connectivity index (χ3v) is 5.39. The Bertz CT molecular complexity index is 1280. The number of anilines is 2. The zero-order valence-corrected chi connectivity index (χ0v) is 17.7. The van der Waals surface area contributed by atoms with Gasteiger partial charge >= 0.3 is 0 Å². The minimum atomic E-state index is -1.07. The smallest absolute Gasteiger partial charge is 0.282 e. The highest BCUT2D eigenvalue weighted by Gasteiger charge is 2.41. The minimum Gasteiger partial charge on any atom is -0.495 e. The number of nitrogens with one attached hydrogen (secondary N) is 1. The summed E-state index contributed by atoms with van der Waals surface area (Å²) in [5.41, 5.74) is 3.04. The molecule has 0 fully saturated rings. The van der Waals surface area contributed by atoms with E-state index in [1.807, 2.05) is 26.0 Å². The average Bonchev–Trinajstić information content (AvgIpc) is 3.02. The SMILES string of the molecule is COc1ccccc1N1C(=O)C(Nc2ccc(F)c(F)c2)=C(c2ccc(C)c(C)c2)C1=O. The lowest BCUT2D eigenvalue weighted by Crippen LogP contribution is -2.32. The van der Waals surface area contributed by atoms with Crippen molar-refractivity contribution < 1.29 is 23.1 Å². The Balaban J connectivity index is 1.87. The monoisotopic (exact) mass is 434 g/mol. The molecule has 0 aromatic heterocycles. The second-order valence-corrected chi connectivity index (χ2v) is 7.42. The van der Waals surface area contributed by atoms with Gasteiger partial charge in [-0.2, -0.15) is 0 Å². The molecule has 0 saturated carbocycles. The normalized spacial score (nSPS) is 13.7. The molecule has 0 aliphatic carbocycles. The van der Waals surface area contributed by atoms with E-state index in [1.165, 1.54) is 13.2 Å². The summed E-state index contributed by atoms with van der Waals surface area (Å²) in [6, 6.07) is 15.3. The van der Waals surface area contributed by atoms with Gasteiger partial charge in [0.25, 0.3) is 11.8 Å². The van der Waals surface area contributed by atoms with Crippen molar-refractivity contribution in [1.29, 1.82) is 0 Å². The first-order valence-corrected chi connectivity index (χ1v) is 9.87. The van der Waals surface area contributed by atoms with Crippen molar-refractivity contribution in [3.05, 3.63) is 94.7 Å². The molecule has 3 aromatic carbocycles. The molecule has 32 heavy (non-hydrogen) atoms. The fourth-order valence-corrected chi connectivity index (χ4v) is 3.56. The summed E-state index contributed by atoms with van der Waals surface area (Å²) in [7, 11) is 1.45. The van der Waals surface area contributed by atoms with Gasteiger partial charge in [-0.25, -0.2) is 13.7 Å². The molecule has 0 radical (unpaired) electrons. The fraction of sp³-hybridized carbons (Fsp3) is 0.120. The minimum absolute atomic E-state index is 0.0323. The molecule has 7 heteroatoms. The summed E-state index contributed by atoms with van der Waals surface area (Å²) in [6.45, 7) is 3.85. The van der Waals surface area contributed by atoms with Crippen LogP contribution in [0.25, 0.3) is 5.57 Å². The van der Waals surface area contributed by atoms with Crippen molar-refractivity contribution >= 4 is 28.8 Å². The molecule has 5 nitrogen and oxygen atoms in total. The second kappa shape index (κ2) is 8.26. The van der Waals surface area contributed by atoms with Crippen molar-refractivity contribution in [1.82, 2.24) is 0 Å². The van der Waals surface area contributed by atoms with Gasteiger partial charge in [-0.1, -0.05) is 30.3 Å². The first kappa shape index (κ1) is 21.2. The highest BCUT2D eigenvalue weighted by atomic mass is 19.2. The number of carbonyl (C=O) groups is 2. The van der Waals surface area contributed by atoms with Crippen LogP contribution in [0.1, 0.15) is 16.7 Å². The number of aryl methyl sites for hydroxylation is 2. The van der Waals surface area contributed by atoms with E-state index in [4.69, 9.17) is 4.74 Å². The first-order chi connectivity index (χ1) is 15.3. The molecule has 0 atom stereocenters. The lowest BCUT2D eigenvalue weighted by atomic mass is 9.99. The first-order valence-electron chi connectivity index (χ1n) is 9.87. The predicted octanol–water partition coefficient (Wildman–Crippen LogP) is 4.99. The van der Waals surface area contributed by atoms with Crippen LogP contribution in [0.4, 0.5) is 20.2 Å². The maximum atomic E-state index is 13.8. The molecular weight excluding hydrogens is 414 g/mol. The molecule has 2 amide bonds. The Morgan fingerprint density at radius 2 is 1.59 bits per heavy atom. The number of imide groups is 1. The number of para-hydroxylation sites is 2. The number of hydrogen-bond donors (Lipinski definition) is 1. The molecule has 0 spiro atoms. The van der Waals surface area contributed by atoms with Crippen molar-refractivity contribution in [3.63, 3.8) is 0 Å². The number of carbonyl (C=O) groups excluding carboxylic acids is 2. The van der Waals surface area contributed by atoms with E-state index in [-0.39, 0.29) is 22.6 Å². The number of rotatable bonds is 5. The van der Waals surface area contributed by atoms with Crippen LogP contribution in [0.2, 0.25) is 0 Å². The van der Waals surface area contributed by atoms with E-state index >= 15 is 0 Å². The predicted molar refractivity (Wildman–Crippen MR) is 118 cm³/mol. The molecule has 1 heterocycles. The van der Waals surface area contributed by atoms with Gasteiger partial charge in [0.15, 0.2) is 11.6 Å². The summed E-state index contributed by atoms with van der Waals surface area (Å²) in [4.78, 5) is 28.0. The maximum Gasteiger partial charge on any atom is 0.282 e. The van der Waals surface area contributed by atoms with Crippen LogP contribution < -0.4 is 15.0 Å². The van der Waals surface area contributed by atoms with Crippen molar-refractivity contribution in [2.24, 2.45) is 0 Å². The standard InChI is InChI=1S/C25H20F2N2O3/c1-14-8-9-16(12-15(14)2)22-23(28-17-10-11-18(26)19(27)13-17)25(31)29(24(22)30)20-6-4-5-7-21(20)32-3/h4-13,28H,1-3H3. The fourth-order valence-electron chi connectivity index (χ4n) is 3.56. The summed E-state index contributed by atoms with van der Waals surface area (Å²) >= 11 is 0. The number of hydrogen-bond acceptors (Lipinski definition) is 4. The molecule has 3 aromatic rings. The Hall–Kier alpha value is -4.00. The van der Waals surface area contributed by atoms with E-state index in [0.717, 1.165) is 28.2 Å². The lowest BCUT2D eigenvalue weighted by molar-refractivity contribution is -0.120. The van der Waals surface area contributed by atoms with Gasteiger partial charge in [-0.15, -0.1) is 0 Å². The zero-order chi connectivity index (χ0) is 23.0. The van der Waals surface area contributed by atoms with Gasteiger partial charge in [0.1, 0.15) is 11.4 Å². The molecule has 1 aliphatic rings. The largest absolute Gasteiger partial charge is 0.495 e. The van der Waals surface area contributed by atoms with Crippen LogP contribution in [0, 0.1) is 25.5 Å². The van der Waals surface area contributed by atoms with E-state index in [9.17, 15) is 18.4 Å². The maximum absolute atomic E-state index is 13.8. The quantitative estimate of drug-likeness (QED) is 0.575. The number of halogens is 2. The Morgan fingerprint density at radius 1 is 0.844 bits per heavy atom. The molecule has 162 valence electrons. The molecule has 0 saturated heterocycles. The Labute approximate surface area is 183 Å². The third-order valence-electron chi connectivity index (χ3n) is 5.39. The number of methoxy groups -OCH3 is 1. The van der Waals surface area contributed by atoms with Crippen LogP contribution >= 0.6 is 0 Å². The van der Waals surface area contributed by atoms with Gasteiger partial charge in [0.05, 0.1) is 18.4 Å². The van der Waals surface area contributed by atoms with Crippen molar-refractivity contribution in [2.45, 2.75) is 13.8 Å². The van der Waals surface area contributed by atoms with E-state index in [2.05, 4.69) is 5.32 Å². The van der Waals surface area contributed by atoms with Crippen molar-refractivity contribution in [2.75, 3.05) is 17.3 Å². The number of benzene rings is 3. The topological polar surface area (TPSA) is 58.6 Å². The third kappa shape index (κ3) is 3.62. The van der Waals surface area contributed by atoms with Crippen LogP contribution in [-0.2, 0) is 9.59 Å². The molecular formula is C25H20F2N2O3. The highest BCUT2D eigenvalue weighted by molar-refractivity contribution is 6.46.